The molecule has 15 heavy (non-hydrogen) atoms. The second kappa shape index (κ2) is 6.27. The Morgan fingerprint density at radius 1 is 1.40 bits per heavy atom. The van der Waals surface area contributed by atoms with Crippen molar-refractivity contribution >= 4 is 12.0 Å². The van der Waals surface area contributed by atoms with Crippen molar-refractivity contribution in [1.29, 1.82) is 0 Å². The first-order chi connectivity index (χ1) is 6.88. The van der Waals surface area contributed by atoms with Gasteiger partial charge < -0.3 is 15.3 Å². The number of hydrogen-bond acceptors (Lipinski definition) is 2. The van der Waals surface area contributed by atoms with Crippen LogP contribution in [0, 0.1) is 5.92 Å². The Hall–Kier alpha value is -1.26. The van der Waals surface area contributed by atoms with E-state index in [1.807, 2.05) is 13.8 Å². The number of hydrogen-bond donors (Lipinski definition) is 2. The molecule has 0 aliphatic carbocycles. The summed E-state index contributed by atoms with van der Waals surface area (Å²) in [5, 5.41) is 11.5. The van der Waals surface area contributed by atoms with Crippen LogP contribution < -0.4 is 5.32 Å². The Balaban J connectivity index is 4.04. The number of carbonyl (C=O) groups excluding carboxylic acids is 1. The number of urea groups is 1. The summed E-state index contributed by atoms with van der Waals surface area (Å²) in [4.78, 5) is 23.5. The molecule has 0 spiro atoms. The smallest absolute Gasteiger partial charge is 0.317 e. The van der Waals surface area contributed by atoms with Gasteiger partial charge in [-0.1, -0.05) is 13.8 Å². The Morgan fingerprint density at radius 3 is 2.33 bits per heavy atom. The van der Waals surface area contributed by atoms with Crippen molar-refractivity contribution in [3.63, 3.8) is 0 Å². The van der Waals surface area contributed by atoms with Crippen LogP contribution in [-0.2, 0) is 4.79 Å². The molecule has 0 aliphatic rings. The highest BCUT2D eigenvalue weighted by atomic mass is 16.4. The zero-order valence-electron chi connectivity index (χ0n) is 9.78. The Bertz CT molecular complexity index is 231. The van der Waals surface area contributed by atoms with Crippen LogP contribution in [0.25, 0.3) is 0 Å². The molecule has 88 valence electrons. The number of nitrogens with one attached hydrogen (secondary N) is 1. The first kappa shape index (κ1) is 13.7. The summed E-state index contributed by atoms with van der Waals surface area (Å²) >= 11 is 0. The lowest BCUT2D eigenvalue weighted by atomic mass is 10.2. The summed E-state index contributed by atoms with van der Waals surface area (Å²) in [6, 6.07) is -0.113. The van der Waals surface area contributed by atoms with Gasteiger partial charge in [-0.15, -0.1) is 0 Å². The Morgan fingerprint density at radius 2 is 1.93 bits per heavy atom. The fraction of sp³-hybridized carbons (Fsp3) is 0.800. The normalized spacial score (nSPS) is 14.1. The van der Waals surface area contributed by atoms with Crippen molar-refractivity contribution in [3.05, 3.63) is 0 Å². The van der Waals surface area contributed by atoms with E-state index in [-0.39, 0.29) is 18.6 Å². The van der Waals surface area contributed by atoms with Crippen molar-refractivity contribution in [1.82, 2.24) is 10.2 Å². The third-order valence-electron chi connectivity index (χ3n) is 2.30. The van der Waals surface area contributed by atoms with Gasteiger partial charge in [0.25, 0.3) is 0 Å². The Kier molecular flexibility index (Phi) is 5.74. The molecule has 0 aliphatic heterocycles. The van der Waals surface area contributed by atoms with Gasteiger partial charge in [0.2, 0.25) is 0 Å². The summed E-state index contributed by atoms with van der Waals surface area (Å²) in [6.45, 7) is 5.68. The molecule has 5 heteroatoms. The van der Waals surface area contributed by atoms with Crippen molar-refractivity contribution in [2.45, 2.75) is 33.2 Å². The highest BCUT2D eigenvalue weighted by Gasteiger charge is 2.17. The number of carboxylic acid groups (broad SMARTS) is 1. The minimum absolute atomic E-state index is 0.111. The summed E-state index contributed by atoms with van der Waals surface area (Å²) in [6.07, 6.45) is 0.855. The third kappa shape index (κ3) is 5.24. The summed E-state index contributed by atoms with van der Waals surface area (Å²) in [5.74, 6) is -1.43. The maximum Gasteiger partial charge on any atom is 0.317 e. The summed E-state index contributed by atoms with van der Waals surface area (Å²) < 4.78 is 0. The number of carbonyl (C=O) groups is 2. The predicted molar refractivity (Wildman–Crippen MR) is 57.7 cm³/mol. The minimum atomic E-state index is -0.891. The highest BCUT2D eigenvalue weighted by Crippen LogP contribution is 1.99. The van der Waals surface area contributed by atoms with E-state index in [1.165, 1.54) is 4.90 Å². The van der Waals surface area contributed by atoms with Crippen LogP contribution in [0.2, 0.25) is 0 Å². The van der Waals surface area contributed by atoms with Crippen LogP contribution >= 0.6 is 0 Å². The molecule has 0 saturated heterocycles. The number of amides is 2. The van der Waals surface area contributed by atoms with Gasteiger partial charge in [-0.2, -0.15) is 0 Å². The molecule has 0 rings (SSSR count). The first-order valence-corrected chi connectivity index (χ1v) is 5.12. The first-order valence-electron chi connectivity index (χ1n) is 5.12. The zero-order valence-corrected chi connectivity index (χ0v) is 9.78. The average Bonchev–Trinajstić information content (AvgIpc) is 2.16. The van der Waals surface area contributed by atoms with Crippen molar-refractivity contribution in [2.75, 3.05) is 13.6 Å². The van der Waals surface area contributed by atoms with E-state index in [0.717, 1.165) is 6.42 Å². The number of nitrogens with zero attached hydrogens (tertiary/aromatic N) is 1. The molecule has 2 atom stereocenters. The second-order valence-electron chi connectivity index (χ2n) is 3.88. The van der Waals surface area contributed by atoms with E-state index in [0.29, 0.717) is 0 Å². The Labute approximate surface area is 90.5 Å². The molecular weight excluding hydrogens is 196 g/mol. The van der Waals surface area contributed by atoms with E-state index in [4.69, 9.17) is 5.11 Å². The molecule has 0 heterocycles. The quantitative estimate of drug-likeness (QED) is 0.724. The number of rotatable bonds is 5. The molecule has 0 aromatic heterocycles. The van der Waals surface area contributed by atoms with E-state index >= 15 is 0 Å². The van der Waals surface area contributed by atoms with Crippen molar-refractivity contribution in [2.24, 2.45) is 5.92 Å². The van der Waals surface area contributed by atoms with E-state index in [9.17, 15) is 9.59 Å². The van der Waals surface area contributed by atoms with Gasteiger partial charge in [-0.05, 0) is 13.3 Å². The maximum absolute atomic E-state index is 11.5. The molecule has 2 unspecified atom stereocenters. The molecule has 2 amide bonds. The van der Waals surface area contributed by atoms with Crippen LogP contribution in [0.1, 0.15) is 27.2 Å². The van der Waals surface area contributed by atoms with E-state index in [2.05, 4.69) is 5.32 Å². The fourth-order valence-corrected chi connectivity index (χ4v) is 0.995. The van der Waals surface area contributed by atoms with Crippen LogP contribution in [0.3, 0.4) is 0 Å². The lowest BCUT2D eigenvalue weighted by molar-refractivity contribution is -0.141. The maximum atomic E-state index is 11.5. The lowest BCUT2D eigenvalue weighted by Gasteiger charge is -2.22. The summed E-state index contributed by atoms with van der Waals surface area (Å²) in [5.41, 5.74) is 0. The van der Waals surface area contributed by atoms with Gasteiger partial charge in [0.1, 0.15) is 0 Å². The molecule has 0 radical (unpaired) electrons. The van der Waals surface area contributed by atoms with Crippen molar-refractivity contribution < 1.29 is 14.7 Å². The van der Waals surface area contributed by atoms with Gasteiger partial charge in [-0.25, -0.2) is 4.79 Å². The molecule has 0 saturated carbocycles. The minimum Gasteiger partial charge on any atom is -0.481 e. The van der Waals surface area contributed by atoms with Gasteiger partial charge in [0, 0.05) is 19.6 Å². The standard InChI is InChI=1S/C10H20N2O3/c1-5-8(3)11-10(15)12(4)6-7(2)9(13)14/h7-8H,5-6H2,1-4H3,(H,11,15)(H,13,14). The monoisotopic (exact) mass is 216 g/mol. The van der Waals surface area contributed by atoms with E-state index in [1.54, 1.807) is 14.0 Å². The fourth-order valence-electron chi connectivity index (χ4n) is 0.995. The molecule has 0 bridgehead atoms. The summed E-state index contributed by atoms with van der Waals surface area (Å²) in [7, 11) is 1.59. The van der Waals surface area contributed by atoms with Gasteiger partial charge in [0.15, 0.2) is 0 Å². The molecule has 0 aromatic carbocycles. The molecule has 2 N–H and O–H groups in total. The second-order valence-corrected chi connectivity index (χ2v) is 3.88. The predicted octanol–water partition coefficient (Wildman–Crippen LogP) is 1.15. The number of aliphatic carboxylic acids is 1. The zero-order chi connectivity index (χ0) is 12.0. The molecule has 5 nitrogen and oxygen atoms in total. The largest absolute Gasteiger partial charge is 0.481 e. The lowest BCUT2D eigenvalue weighted by Crippen LogP contribution is -2.44. The van der Waals surface area contributed by atoms with Crippen LogP contribution in [-0.4, -0.2) is 41.6 Å². The van der Waals surface area contributed by atoms with Crippen LogP contribution in [0.4, 0.5) is 4.79 Å². The van der Waals surface area contributed by atoms with Crippen molar-refractivity contribution in [3.8, 4) is 0 Å². The van der Waals surface area contributed by atoms with Crippen LogP contribution in [0.15, 0.2) is 0 Å². The average molecular weight is 216 g/mol. The third-order valence-corrected chi connectivity index (χ3v) is 2.30. The highest BCUT2D eigenvalue weighted by molar-refractivity contribution is 5.75. The van der Waals surface area contributed by atoms with Gasteiger partial charge >= 0.3 is 12.0 Å². The molecule has 0 fully saturated rings. The number of carboxylic acids is 1. The van der Waals surface area contributed by atoms with Gasteiger partial charge in [-0.3, -0.25) is 4.79 Å². The van der Waals surface area contributed by atoms with E-state index < -0.39 is 11.9 Å². The molecule has 0 aromatic rings. The molecular formula is C10H20N2O3. The van der Waals surface area contributed by atoms with Crippen LogP contribution in [0.5, 0.6) is 0 Å². The SMILES string of the molecule is CCC(C)NC(=O)N(C)CC(C)C(=O)O. The van der Waals surface area contributed by atoms with Gasteiger partial charge in [0.05, 0.1) is 5.92 Å². The topological polar surface area (TPSA) is 69.6 Å².